The zero-order valence-corrected chi connectivity index (χ0v) is 38.2. The van der Waals surface area contributed by atoms with Gasteiger partial charge >= 0.3 is 0 Å². The topological polar surface area (TPSA) is 25.8 Å². The molecule has 0 spiro atoms. The van der Waals surface area contributed by atoms with Crippen molar-refractivity contribution < 1.29 is 20.1 Å². The first-order valence-corrected chi connectivity index (χ1v) is 20.3. The molecule has 0 bridgehead atoms. The maximum atomic E-state index is 4.98. The molecule has 0 saturated heterocycles. The quantitative estimate of drug-likeness (QED) is 0.127. The Hall–Kier alpha value is -4.95. The van der Waals surface area contributed by atoms with Crippen molar-refractivity contribution in [1.29, 1.82) is 0 Å². The van der Waals surface area contributed by atoms with Crippen LogP contribution < -0.4 is 0 Å². The normalized spacial score (nSPS) is 13.4. The van der Waals surface area contributed by atoms with Crippen molar-refractivity contribution in [3.05, 3.63) is 168 Å². The Bertz CT molecular complexity index is 2730. The fourth-order valence-electron chi connectivity index (χ4n) is 8.47. The van der Waals surface area contributed by atoms with Crippen LogP contribution in [0.25, 0.3) is 66.0 Å². The number of pyridine rings is 2. The van der Waals surface area contributed by atoms with Gasteiger partial charge in [-0.15, -0.1) is 59.2 Å². The van der Waals surface area contributed by atoms with Crippen molar-refractivity contribution in [2.45, 2.75) is 97.8 Å². The van der Waals surface area contributed by atoms with Gasteiger partial charge in [0, 0.05) is 37.9 Å². The van der Waals surface area contributed by atoms with Crippen LogP contribution in [0.15, 0.2) is 128 Å². The number of aromatic nitrogens is 2. The van der Waals surface area contributed by atoms with Gasteiger partial charge in [-0.2, -0.15) is 0 Å². The molecule has 6 aromatic carbocycles. The molecule has 0 atom stereocenters. The first-order chi connectivity index (χ1) is 26.9. The smallest absolute Gasteiger partial charge is 0.0198 e. The molecule has 0 unspecified atom stereocenters. The first-order valence-electron chi connectivity index (χ1n) is 20.3. The number of benzene rings is 6. The van der Waals surface area contributed by atoms with E-state index in [0.29, 0.717) is 0 Å². The minimum atomic E-state index is -0.168. The van der Waals surface area contributed by atoms with Crippen LogP contribution in [0.3, 0.4) is 0 Å². The Kier molecular flexibility index (Phi) is 10.7. The zero-order valence-electron chi connectivity index (χ0n) is 35.9. The van der Waals surface area contributed by atoms with E-state index in [9.17, 15) is 0 Å². The van der Waals surface area contributed by atoms with Crippen LogP contribution in [0, 0.1) is 12.1 Å². The molecule has 3 heteroatoms. The predicted octanol–water partition coefficient (Wildman–Crippen LogP) is 14.8. The molecule has 2 aromatic heterocycles. The van der Waals surface area contributed by atoms with Crippen LogP contribution in [-0.4, -0.2) is 9.97 Å². The molecular weight excluding hydrogens is 881 g/mol. The predicted molar refractivity (Wildman–Crippen MR) is 243 cm³/mol. The summed E-state index contributed by atoms with van der Waals surface area (Å²) in [4.78, 5) is 9.56. The van der Waals surface area contributed by atoms with Gasteiger partial charge in [-0.3, -0.25) is 0 Å². The van der Waals surface area contributed by atoms with E-state index in [2.05, 4.69) is 209 Å². The Morgan fingerprint density at radius 3 is 1.79 bits per heavy atom. The first kappa shape index (κ1) is 41.2. The summed E-state index contributed by atoms with van der Waals surface area (Å²) in [7, 11) is 0. The van der Waals surface area contributed by atoms with Gasteiger partial charge in [-0.1, -0.05) is 166 Å². The van der Waals surface area contributed by atoms with Gasteiger partial charge in [0.15, 0.2) is 0 Å². The van der Waals surface area contributed by atoms with E-state index in [1.54, 1.807) is 0 Å². The number of hydrogen-bond acceptors (Lipinski definition) is 2. The zero-order chi connectivity index (χ0) is 40.5. The van der Waals surface area contributed by atoms with Crippen molar-refractivity contribution in [1.82, 2.24) is 9.97 Å². The van der Waals surface area contributed by atoms with Crippen LogP contribution in [0.1, 0.15) is 104 Å². The van der Waals surface area contributed by atoms with Gasteiger partial charge in [-0.05, 0) is 88.6 Å². The molecular formula is C55H54IrN2-2. The Morgan fingerprint density at radius 2 is 1.12 bits per heavy atom. The van der Waals surface area contributed by atoms with E-state index in [0.717, 1.165) is 22.5 Å². The van der Waals surface area contributed by atoms with Gasteiger partial charge in [-0.25, -0.2) is 0 Å². The fourth-order valence-corrected chi connectivity index (χ4v) is 8.47. The van der Waals surface area contributed by atoms with Crippen molar-refractivity contribution in [2.75, 3.05) is 0 Å². The fraction of sp³-hybridized carbons (Fsp3) is 0.273. The van der Waals surface area contributed by atoms with Crippen molar-refractivity contribution in [3.8, 4) is 33.6 Å². The van der Waals surface area contributed by atoms with Gasteiger partial charge in [0.2, 0.25) is 0 Å². The van der Waals surface area contributed by atoms with E-state index in [4.69, 9.17) is 4.98 Å². The van der Waals surface area contributed by atoms with Crippen molar-refractivity contribution in [2.24, 2.45) is 0 Å². The molecule has 8 aromatic rings. The Morgan fingerprint density at radius 1 is 0.483 bits per heavy atom. The summed E-state index contributed by atoms with van der Waals surface area (Å²) in [5.74, 6) is 0. The van der Waals surface area contributed by atoms with Crippen LogP contribution in [0.2, 0.25) is 0 Å². The van der Waals surface area contributed by atoms with E-state index in [1.165, 1.54) is 71.3 Å². The molecule has 2 heterocycles. The number of fused-ring (bicyclic) bond motifs is 8. The second-order valence-corrected chi connectivity index (χ2v) is 19.4. The molecule has 0 amide bonds. The van der Waals surface area contributed by atoms with Gasteiger partial charge < -0.3 is 9.97 Å². The van der Waals surface area contributed by atoms with Gasteiger partial charge in [0.05, 0.1) is 0 Å². The van der Waals surface area contributed by atoms with Crippen molar-refractivity contribution in [3.63, 3.8) is 0 Å². The van der Waals surface area contributed by atoms with E-state index in [-0.39, 0.29) is 41.8 Å². The third-order valence-electron chi connectivity index (χ3n) is 11.9. The van der Waals surface area contributed by atoms with E-state index >= 15 is 0 Å². The molecule has 1 aliphatic rings. The average Bonchev–Trinajstić information content (AvgIpc) is 3.43. The molecule has 1 radical (unpaired) electrons. The second-order valence-electron chi connectivity index (χ2n) is 19.4. The molecule has 2 nitrogen and oxygen atoms in total. The third-order valence-corrected chi connectivity index (χ3v) is 11.9. The number of hydrogen-bond donors (Lipinski definition) is 0. The SMILES string of the molecule is CC(C)(C)c1c[c-]c(-c2ccc(C(C)(C)C)cn2)cc1.CC(C)(C)c1ccc2c(ccc3c[c-]c(-c4nccc5c4C(C)(C)c4c-5ccc5ccccc45)cc32)c1.[Ir]. The molecule has 58 heavy (non-hydrogen) atoms. The summed E-state index contributed by atoms with van der Waals surface area (Å²) in [6, 6.07) is 48.8. The molecule has 0 saturated carbocycles. The minimum Gasteiger partial charge on any atom is -0.304 e. The summed E-state index contributed by atoms with van der Waals surface area (Å²) >= 11 is 0. The molecule has 0 N–H and O–H groups in total. The Balaban J connectivity index is 0.000000208. The molecule has 9 rings (SSSR count). The number of rotatable bonds is 2. The summed E-state index contributed by atoms with van der Waals surface area (Å²) in [6.07, 6.45) is 3.94. The maximum Gasteiger partial charge on any atom is 0.0198 e. The van der Waals surface area contributed by atoms with Crippen molar-refractivity contribution >= 4 is 32.3 Å². The summed E-state index contributed by atoms with van der Waals surface area (Å²) < 4.78 is 0. The average molecular weight is 935 g/mol. The van der Waals surface area contributed by atoms with Gasteiger partial charge in [0.1, 0.15) is 0 Å². The molecule has 1 aliphatic carbocycles. The standard InChI is InChI=1S/C36H30N.C19H24N.Ir/c1-35(2,3)26-15-17-27-24(20-26)12-10-23-11-13-25(21-31(23)27)34-33-30(18-19-37-34)29-16-14-22-8-6-7-9-28(22)32(29)36(33,4)5;1-18(2,3)15-9-7-14(8-10-15)17-12-11-16(13-20-17)19(4,5)6;/h6-12,14-21H,1-5H3;7,9-13H,1-6H3;/q2*-1;. The monoisotopic (exact) mass is 935 g/mol. The van der Waals surface area contributed by atoms with Crippen LogP contribution in [0.5, 0.6) is 0 Å². The maximum absolute atomic E-state index is 4.98. The van der Waals surface area contributed by atoms with E-state index < -0.39 is 0 Å². The summed E-state index contributed by atoms with van der Waals surface area (Å²) in [5, 5.41) is 7.64. The molecule has 0 aliphatic heterocycles. The molecule has 0 fully saturated rings. The third kappa shape index (κ3) is 7.56. The van der Waals surface area contributed by atoms with Gasteiger partial charge in [0.25, 0.3) is 0 Å². The summed E-state index contributed by atoms with van der Waals surface area (Å²) in [5.41, 5.74) is 13.6. The van der Waals surface area contributed by atoms with Crippen LogP contribution in [-0.2, 0) is 41.8 Å². The van der Waals surface area contributed by atoms with E-state index in [1.807, 2.05) is 12.4 Å². The Labute approximate surface area is 359 Å². The van der Waals surface area contributed by atoms with Crippen LogP contribution >= 0.6 is 0 Å². The largest absolute Gasteiger partial charge is 0.304 e. The second kappa shape index (κ2) is 15.0. The number of nitrogens with zero attached hydrogens (tertiary/aromatic N) is 2. The van der Waals surface area contributed by atoms with Crippen LogP contribution in [0.4, 0.5) is 0 Å². The molecule has 295 valence electrons. The minimum absolute atomic E-state index is 0. The summed E-state index contributed by atoms with van der Waals surface area (Å²) in [6.45, 7) is 24.8.